The van der Waals surface area contributed by atoms with Crippen LogP contribution in [-0.4, -0.2) is 30.2 Å². The Morgan fingerprint density at radius 2 is 2.00 bits per heavy atom. The average molecular weight is 203 g/mol. The van der Waals surface area contributed by atoms with E-state index in [0.29, 0.717) is 5.54 Å². The Balaban J connectivity index is 1.73. The first-order chi connectivity index (χ1) is 7.39. The lowest BCUT2D eigenvalue weighted by Gasteiger charge is -2.45. The van der Waals surface area contributed by atoms with Crippen molar-refractivity contribution in [2.75, 3.05) is 19.8 Å². The van der Waals surface area contributed by atoms with Crippen LogP contribution in [0.5, 0.6) is 0 Å². The first kappa shape index (κ1) is 9.37. The van der Waals surface area contributed by atoms with Gasteiger partial charge in [-0.05, 0) is 24.9 Å². The zero-order valence-electron chi connectivity index (χ0n) is 8.98. The molecule has 0 atom stereocenters. The average Bonchev–Trinajstić information content (AvgIpc) is 2.62. The fourth-order valence-electron chi connectivity index (χ4n) is 2.71. The van der Waals surface area contributed by atoms with Crippen LogP contribution >= 0.6 is 0 Å². The molecule has 2 aliphatic heterocycles. The molecule has 0 amide bonds. The predicted octanol–water partition coefficient (Wildman–Crippen LogP) is 2.05. The van der Waals surface area contributed by atoms with E-state index in [4.69, 9.17) is 4.74 Å². The molecule has 0 saturated carbocycles. The van der Waals surface area contributed by atoms with Gasteiger partial charge >= 0.3 is 0 Å². The second-order valence-electron chi connectivity index (χ2n) is 4.73. The molecule has 2 heteroatoms. The number of ether oxygens (including phenoxy) is 1. The molecule has 0 bridgehead atoms. The van der Waals surface area contributed by atoms with Gasteiger partial charge in [0, 0.05) is 6.54 Å². The van der Waals surface area contributed by atoms with Gasteiger partial charge in [0.25, 0.3) is 0 Å². The minimum atomic E-state index is 0.399. The maximum atomic E-state index is 5.39. The lowest BCUT2D eigenvalue weighted by atomic mass is 9.94. The molecule has 0 radical (unpaired) electrons. The van der Waals surface area contributed by atoms with Gasteiger partial charge in [-0.1, -0.05) is 30.3 Å². The summed E-state index contributed by atoms with van der Waals surface area (Å²) in [5, 5.41) is 0. The van der Waals surface area contributed by atoms with Gasteiger partial charge in [0.05, 0.1) is 18.8 Å². The zero-order chi connectivity index (χ0) is 10.1. The highest BCUT2D eigenvalue weighted by atomic mass is 16.5. The molecule has 0 N–H and O–H groups in total. The summed E-state index contributed by atoms with van der Waals surface area (Å²) in [6, 6.07) is 10.7. The van der Waals surface area contributed by atoms with Gasteiger partial charge in [0.15, 0.2) is 0 Å². The number of hydrogen-bond donors (Lipinski definition) is 0. The molecule has 15 heavy (non-hydrogen) atoms. The Hall–Kier alpha value is -0.860. The van der Waals surface area contributed by atoms with Crippen molar-refractivity contribution in [3.05, 3.63) is 35.9 Å². The van der Waals surface area contributed by atoms with Crippen LogP contribution in [0, 0.1) is 0 Å². The van der Waals surface area contributed by atoms with E-state index in [1.807, 2.05) is 0 Å². The Bertz CT molecular complexity index is 332. The van der Waals surface area contributed by atoms with E-state index in [2.05, 4.69) is 35.2 Å². The fourth-order valence-corrected chi connectivity index (χ4v) is 2.71. The van der Waals surface area contributed by atoms with Crippen molar-refractivity contribution in [3.63, 3.8) is 0 Å². The number of hydrogen-bond acceptors (Lipinski definition) is 2. The fraction of sp³-hybridized carbons (Fsp3) is 0.538. The molecule has 2 aliphatic rings. The quantitative estimate of drug-likeness (QED) is 0.729. The summed E-state index contributed by atoms with van der Waals surface area (Å²) in [5.74, 6) is 0. The van der Waals surface area contributed by atoms with Crippen LogP contribution in [-0.2, 0) is 11.3 Å². The third-order valence-electron chi connectivity index (χ3n) is 3.70. The van der Waals surface area contributed by atoms with Gasteiger partial charge in [-0.3, -0.25) is 4.90 Å². The molecule has 2 nitrogen and oxygen atoms in total. The van der Waals surface area contributed by atoms with Gasteiger partial charge in [-0.2, -0.15) is 0 Å². The standard InChI is InChI=1S/C13H17NO/c1-2-5-12(6-3-1)9-14-8-4-7-13(14)10-15-11-13/h1-3,5-6H,4,7-11H2. The third kappa shape index (κ3) is 1.58. The number of rotatable bonds is 2. The van der Waals surface area contributed by atoms with Gasteiger partial charge < -0.3 is 4.74 Å². The molecule has 2 fully saturated rings. The van der Waals surface area contributed by atoms with Crippen LogP contribution in [0.4, 0.5) is 0 Å². The Labute approximate surface area is 90.8 Å². The Morgan fingerprint density at radius 3 is 2.67 bits per heavy atom. The van der Waals surface area contributed by atoms with Gasteiger partial charge in [0.2, 0.25) is 0 Å². The summed E-state index contributed by atoms with van der Waals surface area (Å²) >= 11 is 0. The maximum absolute atomic E-state index is 5.39. The Kier molecular flexibility index (Phi) is 2.26. The van der Waals surface area contributed by atoms with Crippen molar-refractivity contribution in [1.82, 2.24) is 4.90 Å². The first-order valence-electron chi connectivity index (χ1n) is 5.76. The molecular weight excluding hydrogens is 186 g/mol. The number of nitrogens with zero attached hydrogens (tertiary/aromatic N) is 1. The van der Waals surface area contributed by atoms with Crippen LogP contribution in [0.3, 0.4) is 0 Å². The molecule has 3 rings (SSSR count). The maximum Gasteiger partial charge on any atom is 0.0681 e. The summed E-state index contributed by atoms with van der Waals surface area (Å²) in [5.41, 5.74) is 1.82. The first-order valence-corrected chi connectivity index (χ1v) is 5.76. The molecule has 80 valence electrons. The minimum absolute atomic E-state index is 0.399. The second kappa shape index (κ2) is 3.62. The SMILES string of the molecule is c1ccc(CN2CCCC23COC3)cc1. The summed E-state index contributed by atoms with van der Waals surface area (Å²) < 4.78 is 5.39. The van der Waals surface area contributed by atoms with Crippen molar-refractivity contribution in [3.8, 4) is 0 Å². The van der Waals surface area contributed by atoms with E-state index >= 15 is 0 Å². The predicted molar refractivity (Wildman–Crippen MR) is 59.6 cm³/mol. The van der Waals surface area contributed by atoms with Crippen molar-refractivity contribution in [2.45, 2.75) is 24.9 Å². The van der Waals surface area contributed by atoms with Crippen molar-refractivity contribution in [2.24, 2.45) is 0 Å². The summed E-state index contributed by atoms with van der Waals surface area (Å²) in [6.07, 6.45) is 2.65. The normalized spacial score (nSPS) is 24.3. The molecule has 0 aromatic heterocycles. The highest BCUT2D eigenvalue weighted by Crippen LogP contribution is 2.36. The summed E-state index contributed by atoms with van der Waals surface area (Å²) in [4.78, 5) is 2.60. The monoisotopic (exact) mass is 203 g/mol. The van der Waals surface area contributed by atoms with Gasteiger partial charge in [-0.25, -0.2) is 0 Å². The van der Waals surface area contributed by atoms with E-state index in [9.17, 15) is 0 Å². The number of likely N-dealkylation sites (tertiary alicyclic amines) is 1. The smallest absolute Gasteiger partial charge is 0.0681 e. The lowest BCUT2D eigenvalue weighted by Crippen LogP contribution is -2.58. The molecule has 1 spiro atoms. The van der Waals surface area contributed by atoms with Crippen molar-refractivity contribution in [1.29, 1.82) is 0 Å². The third-order valence-corrected chi connectivity index (χ3v) is 3.70. The summed E-state index contributed by atoms with van der Waals surface area (Å²) in [7, 11) is 0. The molecular formula is C13H17NO. The molecule has 1 aromatic rings. The van der Waals surface area contributed by atoms with Crippen molar-refractivity contribution >= 4 is 0 Å². The van der Waals surface area contributed by atoms with Gasteiger partial charge in [-0.15, -0.1) is 0 Å². The van der Waals surface area contributed by atoms with E-state index < -0.39 is 0 Å². The number of benzene rings is 1. The second-order valence-corrected chi connectivity index (χ2v) is 4.73. The van der Waals surface area contributed by atoms with Crippen molar-refractivity contribution < 1.29 is 4.74 Å². The zero-order valence-corrected chi connectivity index (χ0v) is 8.98. The largest absolute Gasteiger partial charge is 0.377 e. The van der Waals surface area contributed by atoms with Crippen LogP contribution < -0.4 is 0 Å². The topological polar surface area (TPSA) is 12.5 Å². The molecule has 2 saturated heterocycles. The van der Waals surface area contributed by atoms with E-state index in [1.165, 1.54) is 24.9 Å². The van der Waals surface area contributed by atoms with Crippen LogP contribution in [0.15, 0.2) is 30.3 Å². The Morgan fingerprint density at radius 1 is 1.20 bits per heavy atom. The molecule has 0 aliphatic carbocycles. The van der Waals surface area contributed by atoms with Gasteiger partial charge in [0.1, 0.15) is 0 Å². The minimum Gasteiger partial charge on any atom is -0.377 e. The van der Waals surface area contributed by atoms with E-state index in [-0.39, 0.29) is 0 Å². The van der Waals surface area contributed by atoms with E-state index in [1.54, 1.807) is 0 Å². The molecule has 2 heterocycles. The molecule has 0 unspecified atom stereocenters. The summed E-state index contributed by atoms with van der Waals surface area (Å²) in [6.45, 7) is 4.21. The van der Waals surface area contributed by atoms with Crippen LogP contribution in [0.1, 0.15) is 18.4 Å². The lowest BCUT2D eigenvalue weighted by molar-refractivity contribution is -0.125. The molecule has 1 aromatic carbocycles. The highest BCUT2D eigenvalue weighted by molar-refractivity contribution is 5.16. The highest BCUT2D eigenvalue weighted by Gasteiger charge is 2.46. The van der Waals surface area contributed by atoms with Crippen LogP contribution in [0.25, 0.3) is 0 Å². The van der Waals surface area contributed by atoms with E-state index in [0.717, 1.165) is 19.8 Å². The van der Waals surface area contributed by atoms with Crippen LogP contribution in [0.2, 0.25) is 0 Å².